The fourth-order valence-corrected chi connectivity index (χ4v) is 4.29. The normalized spacial score (nSPS) is 17.2. The Kier molecular flexibility index (Phi) is 6.60. The summed E-state index contributed by atoms with van der Waals surface area (Å²) in [5, 5.41) is 10.1. The third-order valence-electron chi connectivity index (χ3n) is 6.06. The van der Waals surface area contributed by atoms with E-state index in [1.54, 1.807) is 13.1 Å². The summed E-state index contributed by atoms with van der Waals surface area (Å²) >= 11 is 0. The highest BCUT2D eigenvalue weighted by Gasteiger charge is 2.33. The summed E-state index contributed by atoms with van der Waals surface area (Å²) < 4.78 is 40.0. The highest BCUT2D eigenvalue weighted by Crippen LogP contribution is 2.41. The maximum atomic E-state index is 13.3. The number of hydrogen-bond donors (Lipinski definition) is 0. The smallest absolute Gasteiger partial charge is 0.260 e. The van der Waals surface area contributed by atoms with Crippen LogP contribution in [0.4, 0.5) is 13.2 Å². The largest absolute Gasteiger partial charge is 0.417 e. The number of aromatic nitrogens is 2. The maximum Gasteiger partial charge on any atom is 0.417 e. The van der Waals surface area contributed by atoms with Crippen molar-refractivity contribution in [2.75, 3.05) is 0 Å². The van der Waals surface area contributed by atoms with Gasteiger partial charge in [-0.15, -0.1) is 0 Å². The molecule has 6 heteroatoms. The van der Waals surface area contributed by atoms with Crippen molar-refractivity contribution in [3.8, 4) is 6.07 Å². The van der Waals surface area contributed by atoms with Crippen molar-refractivity contribution in [2.24, 2.45) is 11.8 Å². The molecule has 0 aliphatic heterocycles. The Bertz CT molecular complexity index is 963. The first-order valence-electron chi connectivity index (χ1n) is 10.3. The third-order valence-corrected chi connectivity index (χ3v) is 6.06. The molecule has 0 aromatic carbocycles. The molecule has 158 valence electrons. The van der Waals surface area contributed by atoms with E-state index in [-0.39, 0.29) is 17.1 Å². The van der Waals surface area contributed by atoms with E-state index in [1.807, 2.05) is 19.1 Å². The van der Waals surface area contributed by atoms with Crippen LogP contribution < -0.4 is 0 Å². The number of hydrogen-bond acceptors (Lipinski definition) is 3. The van der Waals surface area contributed by atoms with Crippen molar-refractivity contribution >= 4 is 11.1 Å². The van der Waals surface area contributed by atoms with E-state index in [2.05, 4.69) is 23.0 Å². The molecule has 1 fully saturated rings. The van der Waals surface area contributed by atoms with Gasteiger partial charge in [0.1, 0.15) is 6.07 Å². The van der Waals surface area contributed by atoms with Crippen molar-refractivity contribution in [1.29, 1.82) is 5.26 Å². The first kappa shape index (κ1) is 22.0. The van der Waals surface area contributed by atoms with Crippen molar-refractivity contribution in [3.63, 3.8) is 0 Å². The highest BCUT2D eigenvalue weighted by molar-refractivity contribution is 5.98. The summed E-state index contributed by atoms with van der Waals surface area (Å²) in [5.41, 5.74) is 2.37. The molecule has 2 aromatic heterocycles. The lowest BCUT2D eigenvalue weighted by Crippen LogP contribution is -2.18. The van der Waals surface area contributed by atoms with Gasteiger partial charge in [-0.05, 0) is 61.8 Å². The lowest BCUT2D eigenvalue weighted by atomic mass is 9.74. The molecule has 3 rings (SSSR count). The van der Waals surface area contributed by atoms with Crippen molar-refractivity contribution in [1.82, 2.24) is 9.97 Å². The van der Waals surface area contributed by atoms with Gasteiger partial charge in [-0.1, -0.05) is 32.3 Å². The number of allylic oxidation sites excluding steroid dienone is 2. The van der Waals surface area contributed by atoms with Gasteiger partial charge < -0.3 is 0 Å². The predicted octanol–water partition coefficient (Wildman–Crippen LogP) is 6.76. The molecule has 1 atom stereocenters. The van der Waals surface area contributed by atoms with Crippen LogP contribution in [0.15, 0.2) is 30.6 Å². The summed E-state index contributed by atoms with van der Waals surface area (Å²) in [6, 6.07) is 7.03. The van der Waals surface area contributed by atoms with Crippen LogP contribution in [0.3, 0.4) is 0 Å². The van der Waals surface area contributed by atoms with Gasteiger partial charge in [0.15, 0.2) is 0 Å². The number of halogens is 3. The Labute approximate surface area is 175 Å². The lowest BCUT2D eigenvalue weighted by molar-refractivity contribution is -0.137. The van der Waals surface area contributed by atoms with Crippen LogP contribution in [-0.2, 0) is 6.18 Å². The third kappa shape index (κ3) is 4.72. The molecule has 0 radical (unpaired) electrons. The van der Waals surface area contributed by atoms with Gasteiger partial charge in [0.2, 0.25) is 0 Å². The van der Waals surface area contributed by atoms with Gasteiger partial charge in [0, 0.05) is 23.7 Å². The molecule has 1 aliphatic carbocycles. The van der Waals surface area contributed by atoms with Crippen molar-refractivity contribution in [3.05, 3.63) is 58.7 Å². The average Bonchev–Trinajstić information content (AvgIpc) is 2.73. The second kappa shape index (κ2) is 8.99. The Balaban J connectivity index is 2.23. The van der Waals surface area contributed by atoms with E-state index in [9.17, 15) is 18.4 Å². The minimum absolute atomic E-state index is 0.00380. The summed E-state index contributed by atoms with van der Waals surface area (Å²) in [6.07, 6.45) is 3.60. The van der Waals surface area contributed by atoms with Crippen LogP contribution in [0.1, 0.15) is 67.1 Å². The first-order chi connectivity index (χ1) is 14.2. The van der Waals surface area contributed by atoms with E-state index in [4.69, 9.17) is 0 Å². The predicted molar refractivity (Wildman–Crippen MR) is 111 cm³/mol. The summed E-state index contributed by atoms with van der Waals surface area (Å²) in [6.45, 7) is 5.63. The summed E-state index contributed by atoms with van der Waals surface area (Å²) in [5.74, 6) is 0.378. The molecule has 0 saturated heterocycles. The number of nitriles is 1. The van der Waals surface area contributed by atoms with E-state index in [1.165, 1.54) is 6.42 Å². The molecule has 3 nitrogen and oxygen atoms in total. The molecule has 0 bridgehead atoms. The number of alkyl halides is 3. The SMILES string of the molecule is Cc1ccc(C(=C(C#N)c2cc(C(F)(F)F)cnc2C)C(C)C2CCCCC2)nc1. The molecule has 1 unspecified atom stereocenters. The molecule has 1 saturated carbocycles. The van der Waals surface area contributed by atoms with Gasteiger partial charge in [-0.25, -0.2) is 0 Å². The molecule has 1 aliphatic rings. The van der Waals surface area contributed by atoms with Crippen LogP contribution in [0.5, 0.6) is 0 Å². The highest BCUT2D eigenvalue weighted by atomic mass is 19.4. The molecule has 0 amide bonds. The van der Waals surface area contributed by atoms with Crippen LogP contribution in [0, 0.1) is 37.0 Å². The quantitative estimate of drug-likeness (QED) is 0.520. The topological polar surface area (TPSA) is 49.6 Å². The minimum atomic E-state index is -4.52. The Morgan fingerprint density at radius 2 is 1.80 bits per heavy atom. The van der Waals surface area contributed by atoms with Gasteiger partial charge >= 0.3 is 6.18 Å². The first-order valence-corrected chi connectivity index (χ1v) is 10.3. The number of aryl methyl sites for hydroxylation is 2. The monoisotopic (exact) mass is 413 g/mol. The maximum absolute atomic E-state index is 13.3. The molecule has 30 heavy (non-hydrogen) atoms. The van der Waals surface area contributed by atoms with Gasteiger partial charge in [0.25, 0.3) is 0 Å². The Hall–Kier alpha value is -2.68. The zero-order valence-corrected chi connectivity index (χ0v) is 17.6. The lowest BCUT2D eigenvalue weighted by Gasteiger charge is -2.30. The number of pyridine rings is 2. The molecular weight excluding hydrogens is 387 g/mol. The molecule has 2 aromatic rings. The molecule has 2 heterocycles. The molecular formula is C24H26F3N3. The average molecular weight is 413 g/mol. The zero-order chi connectivity index (χ0) is 21.9. The van der Waals surface area contributed by atoms with Gasteiger partial charge in [-0.2, -0.15) is 18.4 Å². The van der Waals surface area contributed by atoms with Gasteiger partial charge in [0.05, 0.1) is 16.8 Å². The van der Waals surface area contributed by atoms with Crippen LogP contribution in [0.2, 0.25) is 0 Å². The fraction of sp³-hybridized carbons (Fsp3) is 0.458. The van der Waals surface area contributed by atoms with E-state index >= 15 is 0 Å². The summed E-state index contributed by atoms with van der Waals surface area (Å²) in [4.78, 5) is 8.49. The van der Waals surface area contributed by atoms with E-state index < -0.39 is 11.7 Å². The van der Waals surface area contributed by atoms with Crippen LogP contribution in [-0.4, -0.2) is 9.97 Å². The Morgan fingerprint density at radius 3 is 2.37 bits per heavy atom. The Morgan fingerprint density at radius 1 is 1.10 bits per heavy atom. The minimum Gasteiger partial charge on any atom is -0.260 e. The van der Waals surface area contributed by atoms with E-state index in [0.717, 1.165) is 43.5 Å². The number of rotatable bonds is 4. The molecule has 0 N–H and O–H groups in total. The van der Waals surface area contributed by atoms with Crippen molar-refractivity contribution in [2.45, 2.75) is 59.1 Å². The molecule has 0 spiro atoms. The van der Waals surface area contributed by atoms with Crippen LogP contribution in [0.25, 0.3) is 11.1 Å². The zero-order valence-electron chi connectivity index (χ0n) is 17.6. The fourth-order valence-electron chi connectivity index (χ4n) is 4.29. The standard InChI is InChI=1S/C24H26F3N3/c1-15-9-10-22(30-13-15)23(16(2)18-7-5-4-6-8-18)21(12-28)20-11-19(24(25,26)27)14-29-17(20)3/h9-11,13-14,16,18H,4-8H2,1-3H3. The summed E-state index contributed by atoms with van der Waals surface area (Å²) in [7, 11) is 0. The second-order valence-electron chi connectivity index (χ2n) is 8.16. The van der Waals surface area contributed by atoms with Gasteiger partial charge in [-0.3, -0.25) is 9.97 Å². The van der Waals surface area contributed by atoms with Crippen LogP contribution >= 0.6 is 0 Å². The van der Waals surface area contributed by atoms with Crippen molar-refractivity contribution < 1.29 is 13.2 Å². The second-order valence-corrected chi connectivity index (χ2v) is 8.16. The van der Waals surface area contributed by atoms with E-state index in [0.29, 0.717) is 22.9 Å². The number of nitrogens with zero attached hydrogens (tertiary/aromatic N) is 3.